The molecule has 0 bridgehead atoms. The maximum absolute atomic E-state index is 12.7. The predicted octanol–water partition coefficient (Wildman–Crippen LogP) is 2.98. The van der Waals surface area contributed by atoms with Gasteiger partial charge in [0.15, 0.2) is 0 Å². The Morgan fingerprint density at radius 3 is 2.45 bits per heavy atom. The number of ether oxygens (including phenoxy) is 1. The summed E-state index contributed by atoms with van der Waals surface area (Å²) in [6.07, 6.45) is 0. The number of fused-ring (bicyclic) bond motifs is 5. The van der Waals surface area contributed by atoms with Crippen LogP contribution >= 0.6 is 0 Å². The Morgan fingerprint density at radius 1 is 0.931 bits per heavy atom. The van der Waals surface area contributed by atoms with E-state index in [2.05, 4.69) is 10.3 Å². The highest BCUT2D eigenvalue weighted by Gasteiger charge is 2.34. The molecule has 0 fully saturated rings. The van der Waals surface area contributed by atoms with Crippen molar-refractivity contribution in [1.82, 2.24) is 10.3 Å². The van der Waals surface area contributed by atoms with E-state index in [1.54, 1.807) is 37.4 Å². The number of hydrogen-bond acceptors (Lipinski definition) is 4. The van der Waals surface area contributed by atoms with Gasteiger partial charge in [-0.05, 0) is 41.5 Å². The molecule has 4 aromatic rings. The number of H-pyrrole nitrogens is 1. The van der Waals surface area contributed by atoms with Gasteiger partial charge in [0, 0.05) is 27.4 Å². The van der Waals surface area contributed by atoms with Gasteiger partial charge in [-0.1, -0.05) is 18.2 Å². The number of aromatic amines is 1. The Labute approximate surface area is 164 Å². The number of nitrogens with two attached hydrogens (primary N) is 1. The topological polar surface area (TPSA) is 114 Å². The number of primary amides is 1. The molecular weight excluding hydrogens is 370 g/mol. The van der Waals surface area contributed by atoms with E-state index in [0.29, 0.717) is 27.8 Å². The number of benzene rings is 3. The van der Waals surface area contributed by atoms with Crippen molar-refractivity contribution < 1.29 is 19.1 Å². The summed E-state index contributed by atoms with van der Waals surface area (Å²) < 4.78 is 5.31. The zero-order valence-corrected chi connectivity index (χ0v) is 15.3. The molecule has 0 spiro atoms. The average Bonchev–Trinajstić information content (AvgIpc) is 3.23. The molecule has 5 rings (SSSR count). The fraction of sp³-hybridized carbons (Fsp3) is 0.0455. The SMILES string of the molecule is COc1ccc2[nH]c3cc(-c4ccccc4C(N)=O)c4c(c3c2c1)C(=O)NC4=O. The lowest BCUT2D eigenvalue weighted by Crippen LogP contribution is -2.20. The van der Waals surface area contributed by atoms with Gasteiger partial charge in [0.2, 0.25) is 5.91 Å². The molecule has 3 amide bonds. The maximum atomic E-state index is 12.7. The fourth-order valence-electron chi connectivity index (χ4n) is 4.01. The third-order valence-corrected chi connectivity index (χ3v) is 5.26. The highest BCUT2D eigenvalue weighted by atomic mass is 16.5. The minimum absolute atomic E-state index is 0.236. The van der Waals surface area contributed by atoms with E-state index in [1.165, 1.54) is 0 Å². The Kier molecular flexibility index (Phi) is 3.48. The van der Waals surface area contributed by atoms with Crippen LogP contribution in [-0.4, -0.2) is 29.8 Å². The Bertz CT molecular complexity index is 1380. The van der Waals surface area contributed by atoms with Crippen LogP contribution in [0.15, 0.2) is 48.5 Å². The number of hydrogen-bond donors (Lipinski definition) is 3. The van der Waals surface area contributed by atoms with Gasteiger partial charge >= 0.3 is 0 Å². The third-order valence-electron chi connectivity index (χ3n) is 5.26. The molecule has 0 atom stereocenters. The molecule has 29 heavy (non-hydrogen) atoms. The Morgan fingerprint density at radius 2 is 1.69 bits per heavy atom. The van der Waals surface area contributed by atoms with Crippen molar-refractivity contribution in [1.29, 1.82) is 0 Å². The Hall–Kier alpha value is -4.13. The van der Waals surface area contributed by atoms with E-state index in [9.17, 15) is 14.4 Å². The summed E-state index contributed by atoms with van der Waals surface area (Å²) in [5, 5.41) is 3.79. The minimum Gasteiger partial charge on any atom is -0.497 e. The lowest BCUT2D eigenvalue weighted by Gasteiger charge is -2.11. The molecule has 4 N–H and O–H groups in total. The number of carbonyl (C=O) groups is 3. The normalized spacial score (nSPS) is 13.0. The summed E-state index contributed by atoms with van der Waals surface area (Å²) in [7, 11) is 1.57. The largest absolute Gasteiger partial charge is 0.497 e. The quantitative estimate of drug-likeness (QED) is 0.470. The highest BCUT2D eigenvalue weighted by Crippen LogP contribution is 2.40. The van der Waals surface area contributed by atoms with Crippen LogP contribution in [0.5, 0.6) is 5.75 Å². The maximum Gasteiger partial charge on any atom is 0.259 e. The molecule has 0 saturated heterocycles. The molecule has 142 valence electrons. The second kappa shape index (κ2) is 5.93. The molecule has 1 aliphatic rings. The monoisotopic (exact) mass is 385 g/mol. The highest BCUT2D eigenvalue weighted by molar-refractivity contribution is 6.32. The van der Waals surface area contributed by atoms with Gasteiger partial charge in [0.25, 0.3) is 11.8 Å². The van der Waals surface area contributed by atoms with E-state index < -0.39 is 17.7 Å². The van der Waals surface area contributed by atoms with Gasteiger partial charge in [-0.15, -0.1) is 0 Å². The van der Waals surface area contributed by atoms with Crippen molar-refractivity contribution in [3.8, 4) is 16.9 Å². The second-order valence-electron chi connectivity index (χ2n) is 6.83. The van der Waals surface area contributed by atoms with Gasteiger partial charge in [-0.25, -0.2) is 0 Å². The molecule has 2 heterocycles. The third kappa shape index (κ3) is 2.34. The molecule has 0 radical (unpaired) electrons. The molecule has 0 unspecified atom stereocenters. The van der Waals surface area contributed by atoms with Gasteiger partial charge in [0.05, 0.1) is 18.2 Å². The van der Waals surface area contributed by atoms with Crippen molar-refractivity contribution >= 4 is 39.5 Å². The molecule has 7 heteroatoms. The van der Waals surface area contributed by atoms with Gasteiger partial charge in [-0.3, -0.25) is 19.7 Å². The lowest BCUT2D eigenvalue weighted by molar-refractivity contribution is 0.0879. The summed E-state index contributed by atoms with van der Waals surface area (Å²) >= 11 is 0. The van der Waals surface area contributed by atoms with Crippen LogP contribution in [-0.2, 0) is 0 Å². The van der Waals surface area contributed by atoms with Gasteiger partial charge in [-0.2, -0.15) is 0 Å². The molecule has 3 aromatic carbocycles. The van der Waals surface area contributed by atoms with E-state index >= 15 is 0 Å². The summed E-state index contributed by atoms with van der Waals surface area (Å²) in [6.45, 7) is 0. The number of imide groups is 1. The summed E-state index contributed by atoms with van der Waals surface area (Å²) in [4.78, 5) is 40.7. The first-order valence-electron chi connectivity index (χ1n) is 8.91. The van der Waals surface area contributed by atoms with E-state index in [-0.39, 0.29) is 16.7 Å². The Balaban J connectivity index is 1.95. The lowest BCUT2D eigenvalue weighted by atomic mass is 9.90. The summed E-state index contributed by atoms with van der Waals surface area (Å²) in [5.74, 6) is -0.948. The van der Waals surface area contributed by atoms with E-state index in [1.807, 2.05) is 18.2 Å². The van der Waals surface area contributed by atoms with Gasteiger partial charge < -0.3 is 15.5 Å². The number of amides is 3. The van der Waals surface area contributed by atoms with Crippen LogP contribution in [0.2, 0.25) is 0 Å². The van der Waals surface area contributed by atoms with Crippen LogP contribution in [0.1, 0.15) is 31.1 Å². The zero-order chi connectivity index (χ0) is 20.3. The van der Waals surface area contributed by atoms with Crippen molar-refractivity contribution in [3.05, 3.63) is 65.2 Å². The number of aromatic nitrogens is 1. The first-order chi connectivity index (χ1) is 14.0. The number of nitrogens with one attached hydrogen (secondary N) is 2. The first kappa shape index (κ1) is 17.0. The second-order valence-corrected chi connectivity index (χ2v) is 6.83. The molecule has 0 saturated carbocycles. The van der Waals surface area contributed by atoms with E-state index in [0.717, 1.165) is 10.9 Å². The van der Waals surface area contributed by atoms with E-state index in [4.69, 9.17) is 10.5 Å². The molecule has 0 aliphatic carbocycles. The summed E-state index contributed by atoms with van der Waals surface area (Å²) in [6, 6.07) is 14.0. The molecule has 1 aliphatic heterocycles. The standard InChI is InChI=1S/C22H15N3O4/c1-29-10-6-7-15-14(8-10)17-16(24-15)9-13(18-19(17)22(28)25-21(18)27)11-4-2-3-5-12(11)20(23)26/h2-9,24H,1H3,(H2,23,26)(H,25,27,28). The molecule has 1 aromatic heterocycles. The van der Waals surface area contributed by atoms with Crippen LogP contribution in [0.3, 0.4) is 0 Å². The van der Waals surface area contributed by atoms with Crippen molar-refractivity contribution in [2.75, 3.05) is 7.11 Å². The van der Waals surface area contributed by atoms with Crippen molar-refractivity contribution in [2.45, 2.75) is 0 Å². The fourth-order valence-corrected chi connectivity index (χ4v) is 4.01. The number of methoxy groups -OCH3 is 1. The van der Waals surface area contributed by atoms with Crippen LogP contribution in [0, 0.1) is 0 Å². The number of carbonyl (C=O) groups excluding carboxylic acids is 3. The van der Waals surface area contributed by atoms with Crippen LogP contribution in [0.25, 0.3) is 32.9 Å². The smallest absolute Gasteiger partial charge is 0.259 e. The van der Waals surface area contributed by atoms with Crippen molar-refractivity contribution in [3.63, 3.8) is 0 Å². The summed E-state index contributed by atoms with van der Waals surface area (Å²) in [5.41, 5.74) is 8.78. The van der Waals surface area contributed by atoms with Crippen molar-refractivity contribution in [2.24, 2.45) is 5.73 Å². The molecular formula is C22H15N3O4. The minimum atomic E-state index is -0.611. The molecule has 7 nitrogen and oxygen atoms in total. The van der Waals surface area contributed by atoms with Crippen LogP contribution in [0.4, 0.5) is 0 Å². The van der Waals surface area contributed by atoms with Crippen LogP contribution < -0.4 is 15.8 Å². The first-order valence-corrected chi connectivity index (χ1v) is 8.91. The average molecular weight is 385 g/mol. The number of rotatable bonds is 3. The predicted molar refractivity (Wildman–Crippen MR) is 108 cm³/mol. The zero-order valence-electron chi connectivity index (χ0n) is 15.3. The van der Waals surface area contributed by atoms with Gasteiger partial charge in [0.1, 0.15) is 5.75 Å².